The van der Waals surface area contributed by atoms with Crippen LogP contribution in [0.2, 0.25) is 0 Å². The van der Waals surface area contributed by atoms with Gasteiger partial charge in [0.2, 0.25) is 11.0 Å². The van der Waals surface area contributed by atoms with Crippen molar-refractivity contribution in [1.82, 2.24) is 10.2 Å². The summed E-state index contributed by atoms with van der Waals surface area (Å²) in [5.41, 5.74) is 0. The predicted octanol–water partition coefficient (Wildman–Crippen LogP) is 1.69. The third-order valence-electron chi connectivity index (χ3n) is 1.40. The maximum atomic E-state index is 10.9. The highest BCUT2D eigenvalue weighted by Gasteiger charge is 2.12. The number of carbonyl (C=O) groups excluding carboxylic acids is 1. The lowest BCUT2D eigenvalue weighted by molar-refractivity contribution is -0.115. The molecule has 13 heavy (non-hydrogen) atoms. The SMILES string of the molecule is CCCc1nnc(N(S)C(C)=O)s1. The fourth-order valence-corrected chi connectivity index (χ4v) is 1.84. The van der Waals surface area contributed by atoms with Crippen molar-refractivity contribution in [3.63, 3.8) is 0 Å². The van der Waals surface area contributed by atoms with Crippen molar-refractivity contribution >= 4 is 35.2 Å². The zero-order valence-electron chi connectivity index (χ0n) is 7.52. The molecule has 1 rings (SSSR count). The Labute approximate surface area is 86.5 Å². The lowest BCUT2D eigenvalue weighted by Gasteiger charge is -2.06. The van der Waals surface area contributed by atoms with Crippen LogP contribution in [0.15, 0.2) is 0 Å². The van der Waals surface area contributed by atoms with Gasteiger partial charge in [0.15, 0.2) is 0 Å². The van der Waals surface area contributed by atoms with Crippen molar-refractivity contribution in [2.75, 3.05) is 4.31 Å². The largest absolute Gasteiger partial charge is 0.274 e. The molecular weight excluding hydrogens is 206 g/mol. The molecule has 0 aliphatic rings. The molecule has 0 radical (unpaired) electrons. The number of amides is 1. The van der Waals surface area contributed by atoms with Crippen LogP contribution in [0.3, 0.4) is 0 Å². The van der Waals surface area contributed by atoms with E-state index in [1.54, 1.807) is 0 Å². The first kappa shape index (κ1) is 10.5. The lowest BCUT2D eigenvalue weighted by Crippen LogP contribution is -2.16. The van der Waals surface area contributed by atoms with E-state index in [0.29, 0.717) is 5.13 Å². The van der Waals surface area contributed by atoms with E-state index < -0.39 is 0 Å². The topological polar surface area (TPSA) is 46.1 Å². The first-order valence-corrected chi connectivity index (χ1v) is 5.18. The molecule has 1 heterocycles. The molecule has 0 atom stereocenters. The number of carbonyl (C=O) groups is 1. The van der Waals surface area contributed by atoms with E-state index in [1.165, 1.54) is 22.6 Å². The molecule has 0 aliphatic heterocycles. The average Bonchev–Trinajstić information content (AvgIpc) is 2.52. The number of aromatic nitrogens is 2. The van der Waals surface area contributed by atoms with Gasteiger partial charge in [0.25, 0.3) is 0 Å². The molecule has 0 saturated heterocycles. The molecular formula is C7H11N3OS2. The third-order valence-corrected chi connectivity index (χ3v) is 2.97. The molecule has 0 spiro atoms. The molecule has 4 nitrogen and oxygen atoms in total. The first-order chi connectivity index (χ1) is 6.15. The van der Waals surface area contributed by atoms with Crippen LogP contribution in [0.4, 0.5) is 5.13 Å². The van der Waals surface area contributed by atoms with Crippen LogP contribution >= 0.6 is 24.2 Å². The number of aryl methyl sites for hydroxylation is 1. The summed E-state index contributed by atoms with van der Waals surface area (Å²) in [6.07, 6.45) is 1.93. The van der Waals surface area contributed by atoms with Crippen LogP contribution in [0, 0.1) is 0 Å². The van der Waals surface area contributed by atoms with Crippen molar-refractivity contribution in [2.24, 2.45) is 0 Å². The summed E-state index contributed by atoms with van der Waals surface area (Å²) >= 11 is 5.39. The monoisotopic (exact) mass is 217 g/mol. The number of anilines is 1. The molecule has 1 aromatic heterocycles. The minimum Gasteiger partial charge on any atom is -0.274 e. The Morgan fingerprint density at radius 1 is 1.62 bits per heavy atom. The van der Waals surface area contributed by atoms with Crippen LogP contribution in [0.1, 0.15) is 25.3 Å². The van der Waals surface area contributed by atoms with Gasteiger partial charge in [-0.15, -0.1) is 10.2 Å². The fourth-order valence-electron chi connectivity index (χ4n) is 0.780. The molecule has 0 unspecified atom stereocenters. The summed E-state index contributed by atoms with van der Waals surface area (Å²) in [5, 5.41) is 9.27. The second-order valence-corrected chi connectivity index (χ2v) is 4.00. The maximum absolute atomic E-state index is 10.9. The maximum Gasteiger partial charge on any atom is 0.235 e. The third kappa shape index (κ3) is 2.67. The number of thiol groups is 1. The fraction of sp³-hybridized carbons (Fsp3) is 0.571. The van der Waals surface area contributed by atoms with Gasteiger partial charge < -0.3 is 0 Å². The minimum absolute atomic E-state index is 0.150. The second kappa shape index (κ2) is 4.57. The van der Waals surface area contributed by atoms with Crippen molar-refractivity contribution in [1.29, 1.82) is 0 Å². The summed E-state index contributed by atoms with van der Waals surface area (Å²) in [4.78, 5) is 10.9. The molecule has 0 N–H and O–H groups in total. The molecule has 0 aromatic carbocycles. The van der Waals surface area contributed by atoms with Crippen LogP contribution in [-0.2, 0) is 11.2 Å². The van der Waals surface area contributed by atoms with Gasteiger partial charge in [0.1, 0.15) is 5.01 Å². The smallest absolute Gasteiger partial charge is 0.235 e. The van der Waals surface area contributed by atoms with Gasteiger partial charge in [-0.05, 0) is 6.42 Å². The Kier molecular flexibility index (Phi) is 3.68. The average molecular weight is 217 g/mol. The van der Waals surface area contributed by atoms with E-state index in [2.05, 4.69) is 29.9 Å². The van der Waals surface area contributed by atoms with Gasteiger partial charge in [-0.1, -0.05) is 31.1 Å². The van der Waals surface area contributed by atoms with Gasteiger partial charge in [0.05, 0.1) is 0 Å². The number of hydrogen-bond donors (Lipinski definition) is 1. The van der Waals surface area contributed by atoms with Crippen molar-refractivity contribution in [3.05, 3.63) is 5.01 Å². The molecule has 0 aliphatic carbocycles. The summed E-state index contributed by atoms with van der Waals surface area (Å²) in [6, 6.07) is 0. The summed E-state index contributed by atoms with van der Waals surface area (Å²) in [5.74, 6) is -0.150. The zero-order valence-corrected chi connectivity index (χ0v) is 9.23. The normalized spacial score (nSPS) is 10.1. The minimum atomic E-state index is -0.150. The Bertz CT molecular complexity index is 300. The van der Waals surface area contributed by atoms with Crippen molar-refractivity contribution < 1.29 is 4.79 Å². The van der Waals surface area contributed by atoms with Gasteiger partial charge in [0, 0.05) is 13.3 Å². The van der Waals surface area contributed by atoms with E-state index in [9.17, 15) is 4.79 Å². The van der Waals surface area contributed by atoms with Gasteiger partial charge in [-0.2, -0.15) is 0 Å². The highest BCUT2D eigenvalue weighted by molar-refractivity contribution is 7.83. The van der Waals surface area contributed by atoms with Crippen LogP contribution < -0.4 is 4.31 Å². The number of nitrogens with zero attached hydrogens (tertiary/aromatic N) is 3. The predicted molar refractivity (Wildman–Crippen MR) is 56.1 cm³/mol. The van der Waals surface area contributed by atoms with Crippen LogP contribution in [0.25, 0.3) is 0 Å². The Hall–Kier alpha value is -0.620. The first-order valence-electron chi connectivity index (χ1n) is 3.97. The standard InChI is InChI=1S/C7H11N3OS2/c1-3-4-6-8-9-7(13-6)10(12)5(2)11/h12H,3-4H2,1-2H3. The number of hydrogen-bond acceptors (Lipinski definition) is 5. The summed E-state index contributed by atoms with van der Waals surface area (Å²) in [7, 11) is 0. The van der Waals surface area contributed by atoms with Gasteiger partial charge >= 0.3 is 0 Å². The zero-order chi connectivity index (χ0) is 9.84. The highest BCUT2D eigenvalue weighted by Crippen LogP contribution is 2.22. The lowest BCUT2D eigenvalue weighted by atomic mass is 10.4. The van der Waals surface area contributed by atoms with E-state index in [0.717, 1.165) is 17.8 Å². The molecule has 6 heteroatoms. The van der Waals surface area contributed by atoms with E-state index >= 15 is 0 Å². The van der Waals surface area contributed by atoms with E-state index in [4.69, 9.17) is 0 Å². The van der Waals surface area contributed by atoms with Crippen LogP contribution in [-0.4, -0.2) is 16.1 Å². The van der Waals surface area contributed by atoms with E-state index in [-0.39, 0.29) is 5.91 Å². The molecule has 0 bridgehead atoms. The molecule has 1 aromatic rings. The summed E-state index contributed by atoms with van der Waals surface area (Å²) < 4.78 is 1.21. The Morgan fingerprint density at radius 3 is 2.85 bits per heavy atom. The van der Waals surface area contributed by atoms with Gasteiger partial charge in [-0.3, -0.25) is 4.79 Å². The van der Waals surface area contributed by atoms with Gasteiger partial charge in [-0.25, -0.2) is 4.31 Å². The highest BCUT2D eigenvalue weighted by atomic mass is 32.1. The number of rotatable bonds is 3. The Morgan fingerprint density at radius 2 is 2.31 bits per heavy atom. The van der Waals surface area contributed by atoms with E-state index in [1.807, 2.05) is 0 Å². The molecule has 0 fully saturated rings. The second-order valence-electron chi connectivity index (χ2n) is 2.56. The molecule has 72 valence electrons. The van der Waals surface area contributed by atoms with Crippen LogP contribution in [0.5, 0.6) is 0 Å². The molecule has 1 amide bonds. The quantitative estimate of drug-likeness (QED) is 0.784. The van der Waals surface area contributed by atoms with Crippen molar-refractivity contribution in [3.8, 4) is 0 Å². The van der Waals surface area contributed by atoms with Crippen molar-refractivity contribution in [2.45, 2.75) is 26.7 Å². The summed E-state index contributed by atoms with van der Waals surface area (Å²) in [6.45, 7) is 3.51. The Balaban J connectivity index is 2.73. The molecule has 0 saturated carbocycles.